The van der Waals surface area contributed by atoms with Crippen molar-refractivity contribution in [2.75, 3.05) is 45.2 Å². The molecule has 6 aromatic rings. The van der Waals surface area contributed by atoms with E-state index in [0.717, 1.165) is 56.3 Å². The molecule has 218 valence electrons. The monoisotopic (exact) mass is 594 g/mol. The van der Waals surface area contributed by atoms with Gasteiger partial charge in [-0.15, -0.1) is 0 Å². The van der Waals surface area contributed by atoms with Crippen LogP contribution in [0.1, 0.15) is 0 Å². The fourth-order valence-corrected chi connectivity index (χ4v) is 4.70. The minimum atomic E-state index is 0.240. The first kappa shape index (κ1) is 29.3. The van der Waals surface area contributed by atoms with Gasteiger partial charge in [-0.25, -0.2) is 4.98 Å². The van der Waals surface area contributed by atoms with Gasteiger partial charge in [-0.05, 0) is 84.4 Å². The van der Waals surface area contributed by atoms with E-state index in [0.29, 0.717) is 6.01 Å². The summed E-state index contributed by atoms with van der Waals surface area (Å²) in [5.41, 5.74) is 3.68. The van der Waals surface area contributed by atoms with Crippen molar-refractivity contribution in [1.82, 2.24) is 19.9 Å². The molecule has 0 N–H and O–H groups in total. The summed E-state index contributed by atoms with van der Waals surface area (Å²) in [7, 11) is 8.79. The summed E-state index contributed by atoms with van der Waals surface area (Å²) in [5.74, 6) is 3.21. The molecular formula is C33H31ClN6O3. The van der Waals surface area contributed by atoms with E-state index in [1.807, 2.05) is 121 Å². The molecule has 2 heterocycles. The van der Waals surface area contributed by atoms with Gasteiger partial charge in [0.15, 0.2) is 0 Å². The van der Waals surface area contributed by atoms with E-state index in [-0.39, 0.29) is 5.28 Å². The van der Waals surface area contributed by atoms with E-state index in [1.165, 1.54) is 0 Å². The second-order valence-electron chi connectivity index (χ2n) is 9.40. The molecule has 0 saturated heterocycles. The lowest BCUT2D eigenvalue weighted by molar-refractivity contribution is 0.382. The molecule has 0 fully saturated rings. The highest BCUT2D eigenvalue weighted by Gasteiger charge is 2.14. The lowest BCUT2D eigenvalue weighted by atomic mass is 10.2. The number of ether oxygens (including phenoxy) is 3. The van der Waals surface area contributed by atoms with Crippen LogP contribution in [0.4, 0.5) is 23.0 Å². The zero-order chi connectivity index (χ0) is 30.3. The minimum Gasteiger partial charge on any atom is -0.497 e. The van der Waals surface area contributed by atoms with Gasteiger partial charge < -0.3 is 24.0 Å². The predicted octanol–water partition coefficient (Wildman–Crippen LogP) is 7.47. The van der Waals surface area contributed by atoms with Gasteiger partial charge in [0.1, 0.15) is 23.1 Å². The number of para-hydroxylation sites is 2. The highest BCUT2D eigenvalue weighted by atomic mass is 35.5. The van der Waals surface area contributed by atoms with Gasteiger partial charge in [-0.1, -0.05) is 24.3 Å². The van der Waals surface area contributed by atoms with Crippen molar-refractivity contribution >= 4 is 56.4 Å². The first-order chi connectivity index (χ1) is 20.9. The Kier molecular flexibility index (Phi) is 9.02. The van der Waals surface area contributed by atoms with E-state index < -0.39 is 0 Å². The number of methoxy groups -OCH3 is 3. The van der Waals surface area contributed by atoms with Gasteiger partial charge in [0.2, 0.25) is 5.28 Å². The van der Waals surface area contributed by atoms with Crippen LogP contribution in [0.25, 0.3) is 21.8 Å². The Labute approximate surface area is 255 Å². The van der Waals surface area contributed by atoms with Crippen LogP contribution in [0.5, 0.6) is 17.5 Å². The number of fused-ring (bicyclic) bond motifs is 2. The Bertz CT molecular complexity index is 1830. The highest BCUT2D eigenvalue weighted by molar-refractivity contribution is 6.28. The Hall–Kier alpha value is -5.15. The summed E-state index contributed by atoms with van der Waals surface area (Å²) in [6.07, 6.45) is 0. The second kappa shape index (κ2) is 13.2. The minimum absolute atomic E-state index is 0.240. The van der Waals surface area contributed by atoms with Crippen molar-refractivity contribution in [2.24, 2.45) is 0 Å². The van der Waals surface area contributed by atoms with Gasteiger partial charge in [0.05, 0.1) is 32.4 Å². The molecule has 0 radical (unpaired) electrons. The number of anilines is 4. The maximum absolute atomic E-state index is 6.03. The van der Waals surface area contributed by atoms with Crippen molar-refractivity contribution in [3.63, 3.8) is 0 Å². The van der Waals surface area contributed by atoms with Gasteiger partial charge in [-0.3, -0.25) is 0 Å². The van der Waals surface area contributed by atoms with E-state index in [1.54, 1.807) is 21.3 Å². The average molecular weight is 595 g/mol. The van der Waals surface area contributed by atoms with Crippen molar-refractivity contribution in [2.45, 2.75) is 0 Å². The summed E-state index contributed by atoms with van der Waals surface area (Å²) in [4.78, 5) is 21.5. The van der Waals surface area contributed by atoms with Gasteiger partial charge in [0.25, 0.3) is 0 Å². The molecule has 0 aliphatic carbocycles. The van der Waals surface area contributed by atoms with Crippen LogP contribution in [-0.2, 0) is 0 Å². The molecule has 10 heteroatoms. The summed E-state index contributed by atoms with van der Waals surface area (Å²) < 4.78 is 15.6. The number of aromatic nitrogens is 4. The van der Waals surface area contributed by atoms with Crippen LogP contribution >= 0.6 is 11.6 Å². The maximum atomic E-state index is 6.03. The average Bonchev–Trinajstić information content (AvgIpc) is 3.07. The molecular weight excluding hydrogens is 564 g/mol. The Morgan fingerprint density at radius 2 is 0.953 bits per heavy atom. The third-order valence-corrected chi connectivity index (χ3v) is 7.02. The Morgan fingerprint density at radius 3 is 1.42 bits per heavy atom. The largest absolute Gasteiger partial charge is 0.497 e. The summed E-state index contributed by atoms with van der Waals surface area (Å²) in [5, 5.41) is 2.17. The number of hydrogen-bond acceptors (Lipinski definition) is 9. The molecule has 0 unspecified atom stereocenters. The third kappa shape index (κ3) is 6.52. The van der Waals surface area contributed by atoms with Crippen LogP contribution in [0.15, 0.2) is 97.1 Å². The molecule has 43 heavy (non-hydrogen) atoms. The quantitative estimate of drug-likeness (QED) is 0.175. The molecule has 0 aliphatic heterocycles. The van der Waals surface area contributed by atoms with Crippen LogP contribution in [0.3, 0.4) is 0 Å². The smallest absolute Gasteiger partial charge is 0.318 e. The fourth-order valence-electron chi connectivity index (χ4n) is 4.53. The molecule has 0 saturated carbocycles. The molecule has 2 aromatic heterocycles. The molecule has 0 spiro atoms. The Morgan fingerprint density at radius 1 is 0.512 bits per heavy atom. The van der Waals surface area contributed by atoms with Crippen molar-refractivity contribution in [3.05, 3.63) is 102 Å². The van der Waals surface area contributed by atoms with Crippen molar-refractivity contribution in [1.29, 1.82) is 0 Å². The lowest BCUT2D eigenvalue weighted by Crippen LogP contribution is -2.12. The van der Waals surface area contributed by atoms with Crippen LogP contribution in [0, 0.1) is 0 Å². The first-order valence-corrected chi connectivity index (χ1v) is 13.8. The normalized spacial score (nSPS) is 10.6. The third-order valence-electron chi connectivity index (χ3n) is 6.86. The molecule has 6 rings (SSSR count). The highest BCUT2D eigenvalue weighted by Crippen LogP contribution is 2.32. The van der Waals surface area contributed by atoms with Crippen LogP contribution < -0.4 is 24.0 Å². The fraction of sp³-hybridized carbons (Fsp3) is 0.152. The number of benzene rings is 4. The lowest BCUT2D eigenvalue weighted by Gasteiger charge is -2.20. The number of rotatable bonds is 7. The molecule has 0 bridgehead atoms. The van der Waals surface area contributed by atoms with Gasteiger partial charge >= 0.3 is 6.01 Å². The van der Waals surface area contributed by atoms with Crippen molar-refractivity contribution < 1.29 is 14.2 Å². The number of hydrogen-bond donors (Lipinski definition) is 0. The topological polar surface area (TPSA) is 85.7 Å². The van der Waals surface area contributed by atoms with Crippen LogP contribution in [-0.4, -0.2) is 55.4 Å². The summed E-state index contributed by atoms with van der Waals surface area (Å²) in [6.45, 7) is 0. The first-order valence-electron chi connectivity index (χ1n) is 13.4. The van der Waals surface area contributed by atoms with Crippen LogP contribution in [0.2, 0.25) is 5.28 Å². The van der Waals surface area contributed by atoms with E-state index in [2.05, 4.69) is 19.9 Å². The Balaban J connectivity index is 0.000000171. The van der Waals surface area contributed by atoms with Crippen molar-refractivity contribution in [3.8, 4) is 17.5 Å². The molecule has 0 atom stereocenters. The maximum Gasteiger partial charge on any atom is 0.318 e. The standard InChI is InChI=1S/C17H17N3O2.C16H14ClN3O/c1-20(12-8-10-13(21-2)11-9-12)16-14-6-4-5-7-15(14)18-17(19-16)22-3;1-20(11-7-9-12(21-2)10-8-11)15-13-5-3-4-6-14(13)18-16(17)19-15/h4-11H,1-3H3;3-10H,1-2H3. The van der Waals surface area contributed by atoms with Gasteiger partial charge in [-0.2, -0.15) is 15.0 Å². The summed E-state index contributed by atoms with van der Waals surface area (Å²) in [6, 6.07) is 31.6. The molecule has 4 aromatic carbocycles. The number of halogens is 1. The van der Waals surface area contributed by atoms with Gasteiger partial charge in [0, 0.05) is 36.2 Å². The SMILES string of the molecule is COc1ccc(N(C)c2nc(Cl)nc3ccccc23)cc1.COc1ccc(N(C)c2nc(OC)nc3ccccc23)cc1. The van der Waals surface area contributed by atoms with E-state index >= 15 is 0 Å². The molecule has 0 amide bonds. The second-order valence-corrected chi connectivity index (χ2v) is 9.74. The summed E-state index contributed by atoms with van der Waals surface area (Å²) >= 11 is 6.03. The molecule has 9 nitrogen and oxygen atoms in total. The molecule has 0 aliphatic rings. The zero-order valence-corrected chi connectivity index (χ0v) is 25.3. The number of nitrogens with zero attached hydrogens (tertiary/aromatic N) is 6. The van der Waals surface area contributed by atoms with E-state index in [9.17, 15) is 0 Å². The zero-order valence-electron chi connectivity index (χ0n) is 24.5. The predicted molar refractivity (Wildman–Crippen MR) is 173 cm³/mol. The van der Waals surface area contributed by atoms with E-state index in [4.69, 9.17) is 25.8 Å².